The fourth-order valence-electron chi connectivity index (χ4n) is 3.23. The summed E-state index contributed by atoms with van der Waals surface area (Å²) in [7, 11) is 0. The number of nitrogens with zero attached hydrogens (tertiary/aromatic N) is 5. The van der Waals surface area contributed by atoms with Crippen LogP contribution in [0.3, 0.4) is 0 Å². The SMILES string of the molecule is Cc1onc(-c2ccccc2Cl)c1-n1nn[nH]c1=O.Cc1onc(-c2ccccc2Cl)c1C(=O)Cl. The van der Waals surface area contributed by atoms with Gasteiger partial charge < -0.3 is 9.05 Å². The van der Waals surface area contributed by atoms with E-state index in [0.29, 0.717) is 49.8 Å². The van der Waals surface area contributed by atoms with Crippen molar-refractivity contribution in [1.29, 1.82) is 0 Å². The number of rotatable bonds is 4. The van der Waals surface area contributed by atoms with E-state index in [4.69, 9.17) is 43.8 Å². The number of aromatic amines is 1. The number of tetrazole rings is 1. The normalized spacial score (nSPS) is 10.7. The van der Waals surface area contributed by atoms with E-state index in [2.05, 4.69) is 25.8 Å². The molecule has 0 fully saturated rings. The molecule has 0 radical (unpaired) electrons. The fourth-order valence-corrected chi connectivity index (χ4v) is 3.90. The minimum atomic E-state index is -0.603. The Morgan fingerprint density at radius 2 is 1.43 bits per heavy atom. The number of aromatic nitrogens is 6. The van der Waals surface area contributed by atoms with Crippen LogP contribution in [0.5, 0.6) is 0 Å². The first kappa shape index (κ1) is 24.4. The molecule has 5 aromatic rings. The highest BCUT2D eigenvalue weighted by atomic mass is 35.5. The van der Waals surface area contributed by atoms with Crippen molar-refractivity contribution < 1.29 is 13.8 Å². The lowest BCUT2D eigenvalue weighted by atomic mass is 10.1. The topological polar surface area (TPSA) is 133 Å². The minimum Gasteiger partial charge on any atom is -0.360 e. The van der Waals surface area contributed by atoms with Gasteiger partial charge >= 0.3 is 5.69 Å². The predicted molar refractivity (Wildman–Crippen MR) is 129 cm³/mol. The molecule has 5 rings (SSSR count). The first-order valence-electron chi connectivity index (χ1n) is 9.92. The smallest absolute Gasteiger partial charge is 0.360 e. The monoisotopic (exact) mass is 532 g/mol. The number of nitrogens with one attached hydrogen (secondary N) is 1. The van der Waals surface area contributed by atoms with Crippen molar-refractivity contribution in [2.45, 2.75) is 13.8 Å². The molecule has 1 N–H and O–H groups in total. The van der Waals surface area contributed by atoms with Crippen LogP contribution < -0.4 is 5.69 Å². The molecule has 2 aromatic carbocycles. The van der Waals surface area contributed by atoms with Crippen LogP contribution >= 0.6 is 34.8 Å². The molecular weight excluding hydrogens is 519 g/mol. The summed E-state index contributed by atoms with van der Waals surface area (Å²) in [6, 6.07) is 14.2. The van der Waals surface area contributed by atoms with Crippen molar-refractivity contribution >= 4 is 40.0 Å². The number of benzene rings is 2. The number of hydrogen-bond donors (Lipinski definition) is 1. The fraction of sp³-hybridized carbons (Fsp3) is 0.0909. The van der Waals surface area contributed by atoms with Gasteiger partial charge in [0.15, 0.2) is 5.76 Å². The molecule has 0 aliphatic carbocycles. The van der Waals surface area contributed by atoms with Gasteiger partial charge in [-0.15, -0.1) is 0 Å². The van der Waals surface area contributed by atoms with Crippen LogP contribution in [-0.4, -0.2) is 35.8 Å². The molecule has 0 spiro atoms. The lowest BCUT2D eigenvalue weighted by Gasteiger charge is -2.02. The largest absolute Gasteiger partial charge is 0.366 e. The average Bonchev–Trinajstić information content (AvgIpc) is 3.53. The summed E-state index contributed by atoms with van der Waals surface area (Å²) in [6.07, 6.45) is 0. The molecule has 0 bridgehead atoms. The molecule has 0 atom stereocenters. The molecule has 3 aromatic heterocycles. The quantitative estimate of drug-likeness (QED) is 0.310. The Balaban J connectivity index is 0.000000168. The molecular formula is C22H15Cl3N6O4. The van der Waals surface area contributed by atoms with Crippen LogP contribution in [0.4, 0.5) is 0 Å². The van der Waals surface area contributed by atoms with Crippen molar-refractivity contribution in [2.75, 3.05) is 0 Å². The third-order valence-electron chi connectivity index (χ3n) is 4.83. The maximum absolute atomic E-state index is 11.6. The first-order valence-corrected chi connectivity index (χ1v) is 11.1. The Morgan fingerprint density at radius 1 is 0.886 bits per heavy atom. The van der Waals surface area contributed by atoms with Crippen LogP contribution in [-0.2, 0) is 0 Å². The molecule has 0 aliphatic heterocycles. The average molecular weight is 534 g/mol. The molecule has 178 valence electrons. The van der Waals surface area contributed by atoms with E-state index in [0.717, 1.165) is 4.68 Å². The summed E-state index contributed by atoms with van der Waals surface area (Å²) >= 11 is 17.6. The van der Waals surface area contributed by atoms with Gasteiger partial charge in [0.1, 0.15) is 28.4 Å². The summed E-state index contributed by atoms with van der Waals surface area (Å²) in [6.45, 7) is 3.31. The maximum atomic E-state index is 11.6. The Kier molecular flexibility index (Phi) is 7.15. The van der Waals surface area contributed by atoms with Crippen molar-refractivity contribution in [1.82, 2.24) is 30.5 Å². The van der Waals surface area contributed by atoms with Crippen LogP contribution in [0.15, 0.2) is 62.4 Å². The second-order valence-corrected chi connectivity index (χ2v) is 8.21. The third kappa shape index (κ3) is 4.90. The number of halogens is 3. The van der Waals surface area contributed by atoms with Crippen molar-refractivity contribution in [2.24, 2.45) is 0 Å². The van der Waals surface area contributed by atoms with Gasteiger partial charge in [-0.05, 0) is 48.0 Å². The maximum Gasteiger partial charge on any atom is 0.366 e. The van der Waals surface area contributed by atoms with E-state index in [1.54, 1.807) is 56.3 Å². The highest BCUT2D eigenvalue weighted by molar-refractivity contribution is 6.68. The molecule has 0 saturated heterocycles. The lowest BCUT2D eigenvalue weighted by Crippen LogP contribution is -2.17. The van der Waals surface area contributed by atoms with Crippen molar-refractivity contribution in [3.05, 3.63) is 86.1 Å². The number of aryl methyl sites for hydroxylation is 2. The van der Waals surface area contributed by atoms with Crippen molar-refractivity contribution in [3.63, 3.8) is 0 Å². The third-order valence-corrected chi connectivity index (χ3v) is 5.68. The van der Waals surface area contributed by atoms with Gasteiger partial charge in [-0.25, -0.2) is 9.89 Å². The number of carbonyl (C=O) groups is 1. The molecule has 35 heavy (non-hydrogen) atoms. The van der Waals surface area contributed by atoms with Gasteiger partial charge in [0.2, 0.25) is 0 Å². The van der Waals surface area contributed by atoms with E-state index in [9.17, 15) is 9.59 Å². The van der Waals surface area contributed by atoms with Crippen LogP contribution in [0.1, 0.15) is 21.9 Å². The van der Waals surface area contributed by atoms with Gasteiger partial charge in [-0.1, -0.05) is 69.9 Å². The van der Waals surface area contributed by atoms with E-state index in [-0.39, 0.29) is 5.56 Å². The second-order valence-electron chi connectivity index (χ2n) is 7.05. The highest BCUT2D eigenvalue weighted by Crippen LogP contribution is 2.33. The van der Waals surface area contributed by atoms with Crippen LogP contribution in [0.2, 0.25) is 10.0 Å². The minimum absolute atomic E-state index is 0.259. The van der Waals surface area contributed by atoms with Gasteiger partial charge in [0.25, 0.3) is 5.24 Å². The van der Waals surface area contributed by atoms with E-state index in [1.165, 1.54) is 0 Å². The molecule has 0 aliphatic rings. The first-order chi connectivity index (χ1) is 16.8. The van der Waals surface area contributed by atoms with Crippen LogP contribution in [0, 0.1) is 13.8 Å². The number of hydrogen-bond acceptors (Lipinski definition) is 8. The van der Waals surface area contributed by atoms with Crippen LogP contribution in [0.25, 0.3) is 28.2 Å². The van der Waals surface area contributed by atoms with Gasteiger partial charge in [-0.3, -0.25) is 4.79 Å². The second kappa shape index (κ2) is 10.3. The zero-order valence-electron chi connectivity index (χ0n) is 18.1. The standard InChI is InChI=1S/C11H7Cl2NO2.C11H8ClN5O2/c1-6-9(11(13)15)10(14-16-6)7-4-2-3-5-8(7)12;1-6-10(17-11(18)13-15-16-17)9(14-19-6)7-4-2-3-5-8(7)12/h2-5H,1H3;2-5H,1H3,(H,13,16,18). The van der Waals surface area contributed by atoms with Gasteiger partial charge in [-0.2, -0.15) is 4.68 Å². The number of carbonyl (C=O) groups excluding carboxylic acids is 1. The van der Waals surface area contributed by atoms with E-state index >= 15 is 0 Å². The molecule has 0 amide bonds. The summed E-state index contributed by atoms with van der Waals surface area (Å²) in [5, 5.41) is 17.5. The molecule has 10 nitrogen and oxygen atoms in total. The molecule has 0 unspecified atom stereocenters. The highest BCUT2D eigenvalue weighted by Gasteiger charge is 2.22. The Morgan fingerprint density at radius 3 is 1.97 bits per heavy atom. The Hall–Kier alpha value is -3.73. The number of H-pyrrole nitrogens is 1. The summed E-state index contributed by atoms with van der Waals surface area (Å²) in [5.74, 6) is 0.834. The van der Waals surface area contributed by atoms with Gasteiger partial charge in [0.05, 0.1) is 10.0 Å². The molecule has 13 heteroatoms. The Bertz CT molecular complexity index is 1570. The summed E-state index contributed by atoms with van der Waals surface area (Å²) < 4.78 is 11.2. The summed E-state index contributed by atoms with van der Waals surface area (Å²) in [5.41, 5.74) is 2.32. The Labute approximate surface area is 212 Å². The zero-order valence-corrected chi connectivity index (χ0v) is 20.4. The molecule has 0 saturated carbocycles. The van der Waals surface area contributed by atoms with E-state index < -0.39 is 10.9 Å². The zero-order chi connectivity index (χ0) is 25.1. The van der Waals surface area contributed by atoms with Gasteiger partial charge in [0, 0.05) is 11.1 Å². The van der Waals surface area contributed by atoms with Crippen molar-refractivity contribution in [3.8, 4) is 28.2 Å². The molecule has 3 heterocycles. The summed E-state index contributed by atoms with van der Waals surface area (Å²) in [4.78, 5) is 22.9. The predicted octanol–water partition coefficient (Wildman–Crippen LogP) is 5.25. The lowest BCUT2D eigenvalue weighted by molar-refractivity contribution is 0.108. The van der Waals surface area contributed by atoms with E-state index in [1.807, 2.05) is 6.07 Å².